The van der Waals surface area contributed by atoms with E-state index in [1.165, 1.54) is 12.1 Å². The van der Waals surface area contributed by atoms with Crippen LogP contribution in [-0.2, 0) is 16.4 Å². The van der Waals surface area contributed by atoms with Crippen molar-refractivity contribution in [2.45, 2.75) is 11.4 Å². The standard InChI is InChI=1S/C16H16ClNO3S/c1-18(11-12-6-4-3-5-7-12)14-9-8-13(16(17)19)10-15(14)22(2,20)21/h3-10H,11H2,1-2H3. The fourth-order valence-electron chi connectivity index (χ4n) is 2.19. The average Bonchev–Trinajstić information content (AvgIpc) is 2.46. The molecule has 2 aromatic rings. The van der Waals surface area contributed by atoms with Gasteiger partial charge < -0.3 is 4.90 Å². The van der Waals surface area contributed by atoms with Gasteiger partial charge in [-0.15, -0.1) is 0 Å². The van der Waals surface area contributed by atoms with Crippen molar-refractivity contribution in [2.75, 3.05) is 18.2 Å². The highest BCUT2D eigenvalue weighted by atomic mass is 35.5. The molecule has 0 aliphatic rings. The van der Waals surface area contributed by atoms with Crippen molar-refractivity contribution >= 4 is 32.4 Å². The van der Waals surface area contributed by atoms with Gasteiger partial charge in [0.2, 0.25) is 0 Å². The Morgan fingerprint density at radius 1 is 1.14 bits per heavy atom. The Kier molecular flexibility index (Phi) is 4.88. The van der Waals surface area contributed by atoms with Crippen LogP contribution in [0.3, 0.4) is 0 Å². The zero-order valence-electron chi connectivity index (χ0n) is 12.3. The number of hydrogen-bond donors (Lipinski definition) is 0. The van der Waals surface area contributed by atoms with E-state index in [-0.39, 0.29) is 10.5 Å². The minimum absolute atomic E-state index is 0.0948. The Morgan fingerprint density at radius 2 is 1.77 bits per heavy atom. The van der Waals surface area contributed by atoms with Gasteiger partial charge in [0.25, 0.3) is 5.24 Å². The fourth-order valence-corrected chi connectivity index (χ4v) is 3.25. The lowest BCUT2D eigenvalue weighted by Crippen LogP contribution is -2.19. The molecule has 0 unspecified atom stereocenters. The first-order valence-corrected chi connectivity index (χ1v) is 8.85. The van der Waals surface area contributed by atoms with E-state index < -0.39 is 15.1 Å². The molecule has 0 atom stereocenters. The van der Waals surface area contributed by atoms with Crippen LogP contribution in [0, 0.1) is 0 Å². The lowest BCUT2D eigenvalue weighted by molar-refractivity contribution is 0.108. The van der Waals surface area contributed by atoms with Crippen molar-refractivity contribution < 1.29 is 13.2 Å². The highest BCUT2D eigenvalue weighted by Crippen LogP contribution is 2.27. The monoisotopic (exact) mass is 337 g/mol. The molecule has 0 heterocycles. The average molecular weight is 338 g/mol. The van der Waals surface area contributed by atoms with Crippen LogP contribution in [0.5, 0.6) is 0 Å². The predicted molar refractivity (Wildman–Crippen MR) is 88.3 cm³/mol. The third kappa shape index (κ3) is 3.87. The molecule has 0 bridgehead atoms. The van der Waals surface area contributed by atoms with Crippen molar-refractivity contribution in [3.05, 3.63) is 59.7 Å². The first kappa shape index (κ1) is 16.5. The molecule has 116 valence electrons. The van der Waals surface area contributed by atoms with E-state index >= 15 is 0 Å². The molecule has 6 heteroatoms. The molecule has 0 fully saturated rings. The Bertz CT molecular complexity index is 788. The first-order chi connectivity index (χ1) is 10.3. The summed E-state index contributed by atoms with van der Waals surface area (Å²) in [7, 11) is -1.67. The van der Waals surface area contributed by atoms with Gasteiger partial charge in [0.1, 0.15) is 0 Å². The highest BCUT2D eigenvalue weighted by Gasteiger charge is 2.18. The zero-order valence-corrected chi connectivity index (χ0v) is 13.9. The van der Waals surface area contributed by atoms with E-state index in [0.29, 0.717) is 12.2 Å². The van der Waals surface area contributed by atoms with Crippen LogP contribution < -0.4 is 4.90 Å². The van der Waals surface area contributed by atoms with Crippen LogP contribution in [-0.4, -0.2) is 27.0 Å². The van der Waals surface area contributed by atoms with Gasteiger partial charge in [0, 0.05) is 25.4 Å². The van der Waals surface area contributed by atoms with E-state index in [0.717, 1.165) is 11.8 Å². The van der Waals surface area contributed by atoms with E-state index in [2.05, 4.69) is 0 Å². The largest absolute Gasteiger partial charge is 0.369 e. The summed E-state index contributed by atoms with van der Waals surface area (Å²) >= 11 is 5.44. The topological polar surface area (TPSA) is 54.5 Å². The molecule has 0 radical (unpaired) electrons. The number of sulfone groups is 1. The minimum Gasteiger partial charge on any atom is -0.369 e. The van der Waals surface area contributed by atoms with E-state index in [1.807, 2.05) is 35.2 Å². The van der Waals surface area contributed by atoms with Gasteiger partial charge in [0.05, 0.1) is 10.6 Å². The molecule has 2 rings (SSSR count). The van der Waals surface area contributed by atoms with Gasteiger partial charge in [-0.2, -0.15) is 0 Å². The molecule has 0 saturated heterocycles. The Labute approximate surface area is 135 Å². The van der Waals surface area contributed by atoms with Crippen molar-refractivity contribution in [1.82, 2.24) is 0 Å². The van der Waals surface area contributed by atoms with Crippen molar-refractivity contribution in [2.24, 2.45) is 0 Å². The molecule has 0 aliphatic heterocycles. The molecule has 4 nitrogen and oxygen atoms in total. The first-order valence-electron chi connectivity index (χ1n) is 6.58. The van der Waals surface area contributed by atoms with Crippen LogP contribution in [0.2, 0.25) is 0 Å². The molecular weight excluding hydrogens is 322 g/mol. The summed E-state index contributed by atoms with van der Waals surface area (Å²) in [5.74, 6) is 0. The normalized spacial score (nSPS) is 11.2. The van der Waals surface area contributed by atoms with Gasteiger partial charge in [-0.1, -0.05) is 30.3 Å². The molecular formula is C16H16ClNO3S. The molecule has 0 amide bonds. The minimum atomic E-state index is -3.48. The van der Waals surface area contributed by atoms with Crippen LogP contribution in [0.15, 0.2) is 53.4 Å². The number of rotatable bonds is 5. The maximum atomic E-state index is 12.0. The third-order valence-corrected chi connectivity index (χ3v) is 4.60. The second-order valence-corrected chi connectivity index (χ2v) is 7.40. The van der Waals surface area contributed by atoms with E-state index in [4.69, 9.17) is 11.6 Å². The fraction of sp³-hybridized carbons (Fsp3) is 0.188. The lowest BCUT2D eigenvalue weighted by Gasteiger charge is -2.22. The molecule has 0 aromatic heterocycles. The Balaban J connectivity index is 2.43. The predicted octanol–water partition coefficient (Wildman–Crippen LogP) is 3.11. The molecule has 0 aliphatic carbocycles. The summed E-state index contributed by atoms with van der Waals surface area (Å²) in [5, 5.41) is -0.679. The molecule has 0 N–H and O–H groups in total. The number of nitrogens with zero attached hydrogens (tertiary/aromatic N) is 1. The Morgan fingerprint density at radius 3 is 2.32 bits per heavy atom. The smallest absolute Gasteiger partial charge is 0.252 e. The lowest BCUT2D eigenvalue weighted by atomic mass is 10.2. The van der Waals surface area contributed by atoms with Crippen LogP contribution in [0.25, 0.3) is 0 Å². The second kappa shape index (κ2) is 6.50. The summed E-state index contributed by atoms with van der Waals surface area (Å²) in [4.78, 5) is 13.2. The summed E-state index contributed by atoms with van der Waals surface area (Å²) in [6, 6.07) is 14.2. The van der Waals surface area contributed by atoms with Crippen molar-refractivity contribution in [3.63, 3.8) is 0 Å². The second-order valence-electron chi connectivity index (χ2n) is 5.07. The van der Waals surface area contributed by atoms with Crippen molar-refractivity contribution in [1.29, 1.82) is 0 Å². The number of halogens is 1. The SMILES string of the molecule is CN(Cc1ccccc1)c1ccc(C(=O)Cl)cc1S(C)(=O)=O. The summed E-state index contributed by atoms with van der Waals surface area (Å²) in [6.45, 7) is 0.553. The number of carbonyl (C=O) groups excluding carboxylic acids is 1. The van der Waals surface area contributed by atoms with E-state index in [9.17, 15) is 13.2 Å². The van der Waals surface area contributed by atoms with Gasteiger partial charge in [-0.05, 0) is 35.4 Å². The number of anilines is 1. The highest BCUT2D eigenvalue weighted by molar-refractivity contribution is 7.90. The van der Waals surface area contributed by atoms with Gasteiger partial charge >= 0.3 is 0 Å². The summed E-state index contributed by atoms with van der Waals surface area (Å²) in [5.41, 5.74) is 1.76. The number of hydrogen-bond acceptors (Lipinski definition) is 4. The molecule has 0 spiro atoms. The number of carbonyl (C=O) groups is 1. The summed E-state index contributed by atoms with van der Waals surface area (Å²) < 4.78 is 24.0. The zero-order chi connectivity index (χ0) is 16.3. The van der Waals surface area contributed by atoms with E-state index in [1.54, 1.807) is 13.1 Å². The van der Waals surface area contributed by atoms with Crippen molar-refractivity contribution in [3.8, 4) is 0 Å². The number of benzene rings is 2. The van der Waals surface area contributed by atoms with Crippen LogP contribution in [0.4, 0.5) is 5.69 Å². The van der Waals surface area contributed by atoms with Gasteiger partial charge in [-0.3, -0.25) is 4.79 Å². The van der Waals surface area contributed by atoms with Crippen LogP contribution >= 0.6 is 11.6 Å². The molecule has 2 aromatic carbocycles. The van der Waals surface area contributed by atoms with Crippen LogP contribution in [0.1, 0.15) is 15.9 Å². The summed E-state index contributed by atoms with van der Waals surface area (Å²) in [6.07, 6.45) is 1.12. The maximum Gasteiger partial charge on any atom is 0.252 e. The quantitative estimate of drug-likeness (QED) is 0.787. The third-order valence-electron chi connectivity index (χ3n) is 3.26. The molecule has 0 saturated carbocycles. The maximum absolute atomic E-state index is 12.0. The van der Waals surface area contributed by atoms with Gasteiger partial charge in [-0.25, -0.2) is 8.42 Å². The molecule has 22 heavy (non-hydrogen) atoms. The van der Waals surface area contributed by atoms with Gasteiger partial charge in [0.15, 0.2) is 9.84 Å². The Hall–Kier alpha value is -1.85.